The summed E-state index contributed by atoms with van der Waals surface area (Å²) in [5, 5.41) is 7.19. The summed E-state index contributed by atoms with van der Waals surface area (Å²) in [5.74, 6) is 0.851. The maximum absolute atomic E-state index is 4.25. The molecule has 0 unspecified atom stereocenters. The Labute approximate surface area is 109 Å². The molecule has 0 atom stereocenters. The Morgan fingerprint density at radius 2 is 2.18 bits per heavy atom. The zero-order valence-electron chi connectivity index (χ0n) is 9.97. The maximum atomic E-state index is 4.25. The first-order valence-electron chi connectivity index (χ1n) is 5.53. The van der Waals surface area contributed by atoms with Crippen LogP contribution in [0.4, 0.5) is 5.82 Å². The molecule has 0 amide bonds. The van der Waals surface area contributed by atoms with Crippen LogP contribution < -0.4 is 5.32 Å². The van der Waals surface area contributed by atoms with Crippen molar-refractivity contribution in [2.75, 3.05) is 11.9 Å². The van der Waals surface area contributed by atoms with Crippen LogP contribution in [0.15, 0.2) is 35.5 Å². The lowest BCUT2D eigenvalue weighted by atomic mass is 10.4. The summed E-state index contributed by atoms with van der Waals surface area (Å²) in [6, 6.07) is 5.75. The van der Waals surface area contributed by atoms with Gasteiger partial charge < -0.3 is 5.32 Å². The van der Waals surface area contributed by atoms with E-state index in [1.807, 2.05) is 32.0 Å². The summed E-state index contributed by atoms with van der Waals surface area (Å²) >= 11 is 3.31. The molecule has 0 aliphatic rings. The van der Waals surface area contributed by atoms with E-state index >= 15 is 0 Å². The van der Waals surface area contributed by atoms with Crippen molar-refractivity contribution in [2.24, 2.45) is 0 Å². The number of nitrogens with one attached hydrogen (secondary N) is 1. The highest BCUT2D eigenvalue weighted by atomic mass is 79.9. The summed E-state index contributed by atoms with van der Waals surface area (Å²) in [6.07, 6.45) is 3.22. The van der Waals surface area contributed by atoms with E-state index in [1.54, 1.807) is 11.0 Å². The van der Waals surface area contributed by atoms with Gasteiger partial charge in [-0.15, -0.1) is 0 Å². The molecule has 2 aromatic rings. The molecular weight excluding hydrogens is 282 g/mol. The Bertz CT molecular complexity index is 416. The van der Waals surface area contributed by atoms with E-state index in [1.165, 1.54) is 6.33 Å². The molecule has 0 bridgehead atoms. The van der Waals surface area contributed by atoms with E-state index in [4.69, 9.17) is 0 Å². The van der Waals surface area contributed by atoms with Gasteiger partial charge in [-0.2, -0.15) is 5.10 Å². The lowest BCUT2D eigenvalue weighted by Crippen LogP contribution is -2.11. The lowest BCUT2D eigenvalue weighted by molar-refractivity contribution is 0.635. The van der Waals surface area contributed by atoms with E-state index in [9.17, 15) is 0 Å². The predicted octanol–water partition coefficient (Wildman–Crippen LogP) is 2.57. The molecule has 2 aromatic heterocycles. The van der Waals surface area contributed by atoms with Crippen LogP contribution in [0.5, 0.6) is 0 Å². The SMILES string of the molecule is Brc1cccc(NCCn2cncn2)n1.CC. The fourth-order valence-electron chi connectivity index (χ4n) is 1.15. The Hall–Kier alpha value is -1.43. The van der Waals surface area contributed by atoms with Crippen molar-refractivity contribution in [3.05, 3.63) is 35.5 Å². The molecule has 92 valence electrons. The largest absolute Gasteiger partial charge is 0.368 e. The molecule has 0 radical (unpaired) electrons. The van der Waals surface area contributed by atoms with E-state index < -0.39 is 0 Å². The number of hydrogen-bond acceptors (Lipinski definition) is 4. The Morgan fingerprint density at radius 3 is 2.82 bits per heavy atom. The highest BCUT2D eigenvalue weighted by molar-refractivity contribution is 9.10. The molecule has 0 saturated carbocycles. The van der Waals surface area contributed by atoms with Crippen LogP contribution in [-0.2, 0) is 6.54 Å². The van der Waals surface area contributed by atoms with Crippen molar-refractivity contribution in [2.45, 2.75) is 20.4 Å². The third kappa shape index (κ3) is 4.95. The minimum atomic E-state index is 0.771. The summed E-state index contributed by atoms with van der Waals surface area (Å²) in [4.78, 5) is 8.12. The second-order valence-electron chi connectivity index (χ2n) is 2.93. The van der Waals surface area contributed by atoms with Gasteiger partial charge in [-0.3, -0.25) is 4.68 Å². The van der Waals surface area contributed by atoms with Gasteiger partial charge in [0.15, 0.2) is 0 Å². The van der Waals surface area contributed by atoms with Gasteiger partial charge in [0.2, 0.25) is 0 Å². The van der Waals surface area contributed by atoms with Gasteiger partial charge in [-0.05, 0) is 28.1 Å². The summed E-state index contributed by atoms with van der Waals surface area (Å²) in [5.41, 5.74) is 0. The first kappa shape index (κ1) is 13.6. The molecular formula is C11H16BrN5. The molecule has 5 nitrogen and oxygen atoms in total. The van der Waals surface area contributed by atoms with Crippen molar-refractivity contribution in [3.8, 4) is 0 Å². The van der Waals surface area contributed by atoms with Gasteiger partial charge in [0.25, 0.3) is 0 Å². The average Bonchev–Trinajstić information content (AvgIpc) is 2.85. The monoisotopic (exact) mass is 297 g/mol. The lowest BCUT2D eigenvalue weighted by Gasteiger charge is -2.05. The standard InChI is InChI=1S/C9H10BrN5.C2H6/c10-8-2-1-3-9(14-8)12-4-5-15-7-11-6-13-15;1-2/h1-3,6-7H,4-5H2,(H,12,14);1-2H3. The van der Waals surface area contributed by atoms with Crippen LogP contribution in [0.25, 0.3) is 0 Å². The molecule has 2 rings (SSSR count). The van der Waals surface area contributed by atoms with Gasteiger partial charge >= 0.3 is 0 Å². The molecule has 17 heavy (non-hydrogen) atoms. The number of hydrogen-bond donors (Lipinski definition) is 1. The van der Waals surface area contributed by atoms with Crippen LogP contribution in [0, 0.1) is 0 Å². The third-order valence-electron chi connectivity index (χ3n) is 1.83. The topological polar surface area (TPSA) is 55.6 Å². The normalized spacial score (nSPS) is 9.35. The molecule has 0 spiro atoms. The van der Waals surface area contributed by atoms with E-state index in [0.29, 0.717) is 0 Å². The molecule has 0 aliphatic heterocycles. The number of nitrogens with zero attached hydrogens (tertiary/aromatic N) is 4. The average molecular weight is 298 g/mol. The zero-order chi connectivity index (χ0) is 12.5. The zero-order valence-corrected chi connectivity index (χ0v) is 11.6. The number of halogens is 1. The van der Waals surface area contributed by atoms with Gasteiger partial charge in [0, 0.05) is 6.54 Å². The minimum Gasteiger partial charge on any atom is -0.368 e. The second kappa shape index (κ2) is 7.78. The maximum Gasteiger partial charge on any atom is 0.137 e. The van der Waals surface area contributed by atoms with Crippen molar-refractivity contribution < 1.29 is 0 Å². The van der Waals surface area contributed by atoms with Crippen molar-refractivity contribution >= 4 is 21.7 Å². The fraction of sp³-hybridized carbons (Fsp3) is 0.364. The van der Waals surface area contributed by atoms with E-state index in [-0.39, 0.29) is 0 Å². The highest BCUT2D eigenvalue weighted by Gasteiger charge is 1.95. The molecule has 1 N–H and O–H groups in total. The van der Waals surface area contributed by atoms with E-state index in [2.05, 4.69) is 36.3 Å². The van der Waals surface area contributed by atoms with Crippen LogP contribution in [0.3, 0.4) is 0 Å². The van der Waals surface area contributed by atoms with Gasteiger partial charge in [-0.1, -0.05) is 19.9 Å². The Kier molecular flexibility index (Phi) is 6.24. The number of aromatic nitrogens is 4. The quantitative estimate of drug-likeness (QED) is 0.881. The van der Waals surface area contributed by atoms with E-state index in [0.717, 1.165) is 23.5 Å². The van der Waals surface area contributed by atoms with Crippen molar-refractivity contribution in [1.82, 2.24) is 19.7 Å². The second-order valence-corrected chi connectivity index (χ2v) is 3.74. The highest BCUT2D eigenvalue weighted by Crippen LogP contribution is 2.09. The molecule has 6 heteroatoms. The van der Waals surface area contributed by atoms with Gasteiger partial charge in [-0.25, -0.2) is 9.97 Å². The predicted molar refractivity (Wildman–Crippen MR) is 71.8 cm³/mol. The van der Waals surface area contributed by atoms with Gasteiger partial charge in [0.05, 0.1) is 6.54 Å². The van der Waals surface area contributed by atoms with Gasteiger partial charge in [0.1, 0.15) is 23.1 Å². The van der Waals surface area contributed by atoms with Crippen molar-refractivity contribution in [3.63, 3.8) is 0 Å². The Balaban J connectivity index is 0.000000686. The molecule has 2 heterocycles. The number of pyridine rings is 1. The molecule has 0 aliphatic carbocycles. The third-order valence-corrected chi connectivity index (χ3v) is 2.27. The number of rotatable bonds is 4. The molecule has 0 fully saturated rings. The number of anilines is 1. The molecule has 0 saturated heterocycles. The van der Waals surface area contributed by atoms with Crippen molar-refractivity contribution in [1.29, 1.82) is 0 Å². The van der Waals surface area contributed by atoms with Crippen LogP contribution in [0.2, 0.25) is 0 Å². The summed E-state index contributed by atoms with van der Waals surface area (Å²) in [7, 11) is 0. The van der Waals surface area contributed by atoms with Crippen LogP contribution >= 0.6 is 15.9 Å². The van der Waals surface area contributed by atoms with Crippen LogP contribution in [0.1, 0.15) is 13.8 Å². The Morgan fingerprint density at radius 1 is 1.35 bits per heavy atom. The summed E-state index contributed by atoms with van der Waals surface area (Å²) < 4.78 is 2.60. The summed E-state index contributed by atoms with van der Waals surface area (Å²) in [6.45, 7) is 5.54. The minimum absolute atomic E-state index is 0.771. The first-order valence-corrected chi connectivity index (χ1v) is 6.33. The first-order chi connectivity index (χ1) is 8.34. The fourth-order valence-corrected chi connectivity index (χ4v) is 1.50. The smallest absolute Gasteiger partial charge is 0.137 e. The molecule has 0 aromatic carbocycles. The van der Waals surface area contributed by atoms with Crippen LogP contribution in [-0.4, -0.2) is 26.3 Å².